The third-order valence-corrected chi connectivity index (χ3v) is 9.04. The standard InChI is InChI=1S/C26H35N5O3S/c1-2-3-13-27-26-28-18-23-24(19-31(25(23)29-26)21-7-5-4-6-8-21)20-9-11-22(12-10-20)35(32,33)30-14-16-34-17-15-30/h9-12,18-19,21H,2-8,13-17H2,1H3,(H,27,28,29). The van der Waals surface area contributed by atoms with Crippen LogP contribution >= 0.6 is 0 Å². The molecule has 9 heteroatoms. The number of ether oxygens (including phenoxy) is 1. The summed E-state index contributed by atoms with van der Waals surface area (Å²) < 4.78 is 35.2. The van der Waals surface area contributed by atoms with Crippen LogP contribution in [-0.4, -0.2) is 60.1 Å². The van der Waals surface area contributed by atoms with Crippen LogP contribution in [0.4, 0.5) is 5.95 Å². The number of nitrogens with zero attached hydrogens (tertiary/aromatic N) is 4. The third kappa shape index (κ3) is 5.08. The molecule has 1 N–H and O–H groups in total. The van der Waals surface area contributed by atoms with E-state index in [1.807, 2.05) is 18.3 Å². The topological polar surface area (TPSA) is 89.4 Å². The molecule has 8 nitrogen and oxygen atoms in total. The molecule has 3 heterocycles. The minimum atomic E-state index is -3.52. The first-order chi connectivity index (χ1) is 17.1. The van der Waals surface area contributed by atoms with E-state index in [1.165, 1.54) is 23.6 Å². The monoisotopic (exact) mass is 497 g/mol. The molecule has 0 spiro atoms. The smallest absolute Gasteiger partial charge is 0.243 e. The maximum atomic E-state index is 13.0. The minimum Gasteiger partial charge on any atom is -0.379 e. The molecule has 0 unspecified atom stereocenters. The van der Waals surface area contributed by atoms with Gasteiger partial charge in [0.05, 0.1) is 18.1 Å². The Labute approximate surface area is 207 Å². The van der Waals surface area contributed by atoms with Crippen molar-refractivity contribution in [1.29, 1.82) is 0 Å². The van der Waals surface area contributed by atoms with E-state index in [0.29, 0.717) is 43.2 Å². The van der Waals surface area contributed by atoms with E-state index >= 15 is 0 Å². The summed E-state index contributed by atoms with van der Waals surface area (Å²) in [6.45, 7) is 4.69. The van der Waals surface area contributed by atoms with E-state index in [4.69, 9.17) is 9.72 Å². The highest BCUT2D eigenvalue weighted by molar-refractivity contribution is 7.89. The number of sulfonamides is 1. The number of benzene rings is 1. The second-order valence-electron chi connectivity index (χ2n) is 9.49. The zero-order chi connectivity index (χ0) is 24.3. The maximum absolute atomic E-state index is 13.0. The van der Waals surface area contributed by atoms with Crippen molar-refractivity contribution in [2.24, 2.45) is 0 Å². The zero-order valence-corrected chi connectivity index (χ0v) is 21.3. The summed E-state index contributed by atoms with van der Waals surface area (Å²) >= 11 is 0. The van der Waals surface area contributed by atoms with Gasteiger partial charge >= 0.3 is 0 Å². The van der Waals surface area contributed by atoms with Gasteiger partial charge in [0.15, 0.2) is 0 Å². The van der Waals surface area contributed by atoms with Crippen LogP contribution in [0.2, 0.25) is 0 Å². The quantitative estimate of drug-likeness (QED) is 0.448. The van der Waals surface area contributed by atoms with Gasteiger partial charge in [-0.05, 0) is 37.0 Å². The molecule has 2 fully saturated rings. The zero-order valence-electron chi connectivity index (χ0n) is 20.4. The van der Waals surface area contributed by atoms with Gasteiger partial charge in [-0.1, -0.05) is 44.7 Å². The van der Waals surface area contributed by atoms with Crippen molar-refractivity contribution in [2.75, 3.05) is 38.2 Å². The van der Waals surface area contributed by atoms with Gasteiger partial charge in [-0.15, -0.1) is 0 Å². The first-order valence-corrected chi connectivity index (χ1v) is 14.3. The van der Waals surface area contributed by atoms with Crippen molar-refractivity contribution in [2.45, 2.75) is 62.8 Å². The van der Waals surface area contributed by atoms with E-state index in [-0.39, 0.29) is 0 Å². The molecular weight excluding hydrogens is 462 g/mol. The molecule has 0 bridgehead atoms. The Kier molecular flexibility index (Phi) is 7.36. The van der Waals surface area contributed by atoms with Crippen molar-refractivity contribution >= 4 is 27.0 Å². The van der Waals surface area contributed by atoms with Gasteiger partial charge in [0.25, 0.3) is 0 Å². The Hall–Kier alpha value is -2.49. The fourth-order valence-corrected chi connectivity index (χ4v) is 6.51. The Morgan fingerprint density at radius 1 is 1.09 bits per heavy atom. The lowest BCUT2D eigenvalue weighted by molar-refractivity contribution is 0.0730. The summed E-state index contributed by atoms with van der Waals surface area (Å²) in [4.78, 5) is 9.82. The first kappa shape index (κ1) is 24.2. The second-order valence-corrected chi connectivity index (χ2v) is 11.4. The van der Waals surface area contributed by atoms with Gasteiger partial charge in [-0.2, -0.15) is 9.29 Å². The number of hydrogen-bond donors (Lipinski definition) is 1. The molecule has 35 heavy (non-hydrogen) atoms. The van der Waals surface area contributed by atoms with E-state index < -0.39 is 10.0 Å². The molecule has 0 amide bonds. The number of fused-ring (bicyclic) bond motifs is 1. The molecule has 5 rings (SSSR count). The number of unbranched alkanes of at least 4 members (excludes halogenated alkanes) is 1. The molecule has 0 radical (unpaired) electrons. The first-order valence-electron chi connectivity index (χ1n) is 12.9. The normalized spacial score (nSPS) is 18.2. The van der Waals surface area contributed by atoms with Crippen LogP contribution in [0.1, 0.15) is 57.9 Å². The molecule has 2 aliphatic rings. The predicted molar refractivity (Wildman–Crippen MR) is 138 cm³/mol. The molecule has 3 aromatic rings. The lowest BCUT2D eigenvalue weighted by Gasteiger charge is -2.26. The van der Waals surface area contributed by atoms with Crippen LogP contribution in [-0.2, 0) is 14.8 Å². The van der Waals surface area contributed by atoms with Gasteiger partial charge in [-0.3, -0.25) is 0 Å². The number of rotatable bonds is 8. The second kappa shape index (κ2) is 10.6. The van der Waals surface area contributed by atoms with Gasteiger partial charge in [0, 0.05) is 49.0 Å². The molecular formula is C26H35N5O3S. The Balaban J connectivity index is 1.49. The largest absolute Gasteiger partial charge is 0.379 e. The Bertz CT molecular complexity index is 1240. The highest BCUT2D eigenvalue weighted by atomic mass is 32.2. The fourth-order valence-electron chi connectivity index (χ4n) is 5.10. The third-order valence-electron chi connectivity index (χ3n) is 7.13. The van der Waals surface area contributed by atoms with Crippen LogP contribution in [0, 0.1) is 0 Å². The lowest BCUT2D eigenvalue weighted by atomic mass is 9.95. The van der Waals surface area contributed by atoms with Crippen LogP contribution in [0.3, 0.4) is 0 Å². The molecule has 1 saturated heterocycles. The average Bonchev–Trinajstić information content (AvgIpc) is 3.29. The molecule has 2 aromatic heterocycles. The number of morpholine rings is 1. The molecule has 0 atom stereocenters. The summed E-state index contributed by atoms with van der Waals surface area (Å²) in [5.74, 6) is 0.666. The molecule has 1 saturated carbocycles. The molecule has 188 valence electrons. The molecule has 1 aliphatic carbocycles. The van der Waals surface area contributed by atoms with Crippen molar-refractivity contribution in [1.82, 2.24) is 18.8 Å². The number of nitrogens with one attached hydrogen (secondary N) is 1. The van der Waals surface area contributed by atoms with Crippen molar-refractivity contribution in [3.8, 4) is 11.1 Å². The summed E-state index contributed by atoms with van der Waals surface area (Å²) in [6.07, 6.45) is 12.4. The van der Waals surface area contributed by atoms with Gasteiger partial charge < -0.3 is 14.6 Å². The average molecular weight is 498 g/mol. The SMILES string of the molecule is CCCCNc1ncc2c(-c3ccc(S(=O)(=O)N4CCOCC4)cc3)cn(C3CCCCC3)c2n1. The van der Waals surface area contributed by atoms with Crippen LogP contribution in [0.5, 0.6) is 0 Å². The van der Waals surface area contributed by atoms with E-state index in [1.54, 1.807) is 12.1 Å². The van der Waals surface area contributed by atoms with Crippen molar-refractivity contribution in [3.63, 3.8) is 0 Å². The van der Waals surface area contributed by atoms with Gasteiger partial charge in [0.1, 0.15) is 5.65 Å². The summed E-state index contributed by atoms with van der Waals surface area (Å²) in [7, 11) is -3.52. The number of aromatic nitrogens is 3. The lowest BCUT2D eigenvalue weighted by Crippen LogP contribution is -2.40. The van der Waals surface area contributed by atoms with E-state index in [2.05, 4.69) is 28.0 Å². The number of hydrogen-bond acceptors (Lipinski definition) is 6. The highest BCUT2D eigenvalue weighted by Gasteiger charge is 2.27. The minimum absolute atomic E-state index is 0.317. The van der Waals surface area contributed by atoms with Crippen molar-refractivity contribution in [3.05, 3.63) is 36.7 Å². The Morgan fingerprint density at radius 2 is 1.83 bits per heavy atom. The molecule has 1 aliphatic heterocycles. The van der Waals surface area contributed by atoms with E-state index in [0.717, 1.165) is 54.4 Å². The van der Waals surface area contributed by atoms with E-state index in [9.17, 15) is 8.42 Å². The predicted octanol–water partition coefficient (Wildman–Crippen LogP) is 4.84. The Morgan fingerprint density at radius 3 is 2.54 bits per heavy atom. The van der Waals surface area contributed by atoms with Gasteiger partial charge in [0.2, 0.25) is 16.0 Å². The summed E-state index contributed by atoms with van der Waals surface area (Å²) in [6, 6.07) is 7.66. The number of anilines is 1. The summed E-state index contributed by atoms with van der Waals surface area (Å²) in [5, 5.41) is 4.36. The maximum Gasteiger partial charge on any atom is 0.243 e. The highest BCUT2D eigenvalue weighted by Crippen LogP contribution is 2.37. The van der Waals surface area contributed by atoms with Gasteiger partial charge in [-0.25, -0.2) is 13.4 Å². The van der Waals surface area contributed by atoms with Crippen LogP contribution in [0.15, 0.2) is 41.6 Å². The summed E-state index contributed by atoms with van der Waals surface area (Å²) in [5.41, 5.74) is 2.97. The van der Waals surface area contributed by atoms with Crippen LogP contribution < -0.4 is 5.32 Å². The fraction of sp³-hybridized carbons (Fsp3) is 0.538. The van der Waals surface area contributed by atoms with Crippen molar-refractivity contribution < 1.29 is 13.2 Å². The van der Waals surface area contributed by atoms with Crippen LogP contribution in [0.25, 0.3) is 22.2 Å². The molecule has 1 aromatic carbocycles.